The zero-order valence-corrected chi connectivity index (χ0v) is 15.3. The Labute approximate surface area is 157 Å². The first-order valence-corrected chi connectivity index (χ1v) is 9.68. The van der Waals surface area contributed by atoms with Gasteiger partial charge < -0.3 is 19.0 Å². The van der Waals surface area contributed by atoms with Crippen LogP contribution in [0.25, 0.3) is 0 Å². The number of ether oxygens (including phenoxy) is 3. The van der Waals surface area contributed by atoms with Crippen molar-refractivity contribution in [3.05, 3.63) is 23.8 Å². The zero-order chi connectivity index (χ0) is 18.7. The molecule has 148 valence electrons. The minimum Gasteiger partial charge on any atom is -0.489 e. The fourth-order valence-corrected chi connectivity index (χ4v) is 4.03. The molecule has 4 rings (SSSR count). The predicted octanol–water partition coefficient (Wildman–Crippen LogP) is 4.53. The van der Waals surface area contributed by atoms with Crippen molar-refractivity contribution < 1.29 is 27.8 Å². The first kappa shape index (κ1) is 18.5. The van der Waals surface area contributed by atoms with Crippen molar-refractivity contribution in [3.63, 3.8) is 0 Å². The lowest BCUT2D eigenvalue weighted by atomic mass is 9.90. The van der Waals surface area contributed by atoms with Gasteiger partial charge in [-0.15, -0.1) is 0 Å². The average molecular weight is 381 g/mol. The van der Waals surface area contributed by atoms with E-state index in [1.807, 2.05) is 0 Å². The van der Waals surface area contributed by atoms with Crippen LogP contribution in [0.4, 0.5) is 8.78 Å². The van der Waals surface area contributed by atoms with Gasteiger partial charge in [0.05, 0.1) is 25.5 Å². The van der Waals surface area contributed by atoms with Crippen LogP contribution in [0.2, 0.25) is 0 Å². The molecule has 1 spiro atoms. The second kappa shape index (κ2) is 8.00. The highest BCUT2D eigenvalue weighted by Gasteiger charge is 2.43. The van der Waals surface area contributed by atoms with Crippen LogP contribution in [0.3, 0.4) is 0 Å². The molecule has 1 saturated heterocycles. The zero-order valence-electron chi connectivity index (χ0n) is 15.3. The fourth-order valence-electron chi connectivity index (χ4n) is 4.03. The summed E-state index contributed by atoms with van der Waals surface area (Å²) in [5, 5.41) is 4.22. The molecule has 0 N–H and O–H groups in total. The quantitative estimate of drug-likeness (QED) is 0.726. The second-order valence-electron chi connectivity index (χ2n) is 7.65. The van der Waals surface area contributed by atoms with Gasteiger partial charge in [-0.3, -0.25) is 0 Å². The van der Waals surface area contributed by atoms with Crippen LogP contribution in [-0.2, 0) is 9.57 Å². The molecule has 0 aromatic heterocycles. The standard InChI is InChI=1S/C20H25F2NO4/c21-19(22)26-17-7-6-15(16-11-20(27-23-16)8-9-24-13-20)10-18(17)25-12-14-4-2-1-3-5-14/h6-7,10,14,19H,1-5,8-9,11-13H2. The van der Waals surface area contributed by atoms with Gasteiger partial charge in [0, 0.05) is 18.4 Å². The molecule has 7 heteroatoms. The lowest BCUT2D eigenvalue weighted by Gasteiger charge is -2.22. The van der Waals surface area contributed by atoms with Crippen molar-refractivity contribution in [3.8, 4) is 11.5 Å². The van der Waals surface area contributed by atoms with E-state index in [2.05, 4.69) is 9.89 Å². The Morgan fingerprint density at radius 2 is 2.04 bits per heavy atom. The van der Waals surface area contributed by atoms with Crippen LogP contribution >= 0.6 is 0 Å². The average Bonchev–Trinajstić information content (AvgIpc) is 3.31. The summed E-state index contributed by atoms with van der Waals surface area (Å²) in [5.41, 5.74) is 1.21. The highest BCUT2D eigenvalue weighted by Crippen LogP contribution is 2.37. The normalized spacial score (nSPS) is 25.7. The fraction of sp³-hybridized carbons (Fsp3) is 0.650. The van der Waals surface area contributed by atoms with E-state index >= 15 is 0 Å². The topological polar surface area (TPSA) is 49.3 Å². The molecule has 1 unspecified atom stereocenters. The largest absolute Gasteiger partial charge is 0.489 e. The third kappa shape index (κ3) is 4.34. The predicted molar refractivity (Wildman–Crippen MR) is 95.6 cm³/mol. The Kier molecular flexibility index (Phi) is 5.48. The van der Waals surface area contributed by atoms with E-state index in [1.54, 1.807) is 12.1 Å². The first-order valence-electron chi connectivity index (χ1n) is 9.68. The van der Waals surface area contributed by atoms with Crippen LogP contribution in [-0.4, -0.2) is 37.7 Å². The van der Waals surface area contributed by atoms with Crippen molar-refractivity contribution in [1.29, 1.82) is 0 Å². The van der Waals surface area contributed by atoms with Crippen molar-refractivity contribution in [1.82, 2.24) is 0 Å². The van der Waals surface area contributed by atoms with E-state index in [-0.39, 0.29) is 11.4 Å². The van der Waals surface area contributed by atoms with E-state index in [9.17, 15) is 8.78 Å². The van der Waals surface area contributed by atoms with E-state index in [0.717, 1.165) is 30.5 Å². The van der Waals surface area contributed by atoms with Gasteiger partial charge in [-0.25, -0.2) is 0 Å². The van der Waals surface area contributed by atoms with E-state index < -0.39 is 6.61 Å². The second-order valence-corrected chi connectivity index (χ2v) is 7.65. The molecule has 3 aliphatic rings. The van der Waals surface area contributed by atoms with Gasteiger partial charge in [0.1, 0.15) is 0 Å². The summed E-state index contributed by atoms with van der Waals surface area (Å²) >= 11 is 0. The number of hydrogen-bond donors (Lipinski definition) is 0. The Hall–Kier alpha value is -1.89. The molecular formula is C20H25F2NO4. The minimum absolute atomic E-state index is 0.0583. The smallest absolute Gasteiger partial charge is 0.387 e. The molecular weight excluding hydrogens is 356 g/mol. The Balaban J connectivity index is 1.49. The van der Waals surface area contributed by atoms with Gasteiger partial charge in [0.25, 0.3) is 0 Å². The number of benzene rings is 1. The van der Waals surface area contributed by atoms with Crippen LogP contribution < -0.4 is 9.47 Å². The molecule has 1 atom stereocenters. The third-order valence-electron chi connectivity index (χ3n) is 5.60. The number of rotatable bonds is 6. The monoisotopic (exact) mass is 381 g/mol. The molecule has 2 heterocycles. The third-order valence-corrected chi connectivity index (χ3v) is 5.60. The molecule has 1 saturated carbocycles. The first-order chi connectivity index (χ1) is 13.1. The number of halogens is 2. The highest BCUT2D eigenvalue weighted by molar-refractivity contribution is 6.02. The molecule has 2 aliphatic heterocycles. The van der Waals surface area contributed by atoms with E-state index in [1.165, 1.54) is 25.3 Å². The van der Waals surface area contributed by atoms with Gasteiger partial charge in [-0.2, -0.15) is 8.78 Å². The summed E-state index contributed by atoms with van der Waals surface area (Å²) in [5.74, 6) is 0.862. The molecule has 2 fully saturated rings. The van der Waals surface area contributed by atoms with Gasteiger partial charge in [0.15, 0.2) is 17.1 Å². The number of alkyl halides is 2. The lowest BCUT2D eigenvalue weighted by Crippen LogP contribution is -2.29. The Morgan fingerprint density at radius 3 is 2.78 bits per heavy atom. The summed E-state index contributed by atoms with van der Waals surface area (Å²) in [4.78, 5) is 5.63. The molecule has 1 aromatic carbocycles. The number of oxime groups is 1. The lowest BCUT2D eigenvalue weighted by molar-refractivity contribution is -0.0516. The van der Waals surface area contributed by atoms with Crippen molar-refractivity contribution in [2.24, 2.45) is 11.1 Å². The molecule has 1 aliphatic carbocycles. The summed E-state index contributed by atoms with van der Waals surface area (Å²) in [6, 6.07) is 4.98. The maximum absolute atomic E-state index is 12.8. The van der Waals surface area contributed by atoms with Gasteiger partial charge >= 0.3 is 6.61 Å². The van der Waals surface area contributed by atoms with E-state index in [0.29, 0.717) is 37.9 Å². The number of nitrogens with zero attached hydrogens (tertiary/aromatic N) is 1. The van der Waals surface area contributed by atoms with Crippen LogP contribution in [0, 0.1) is 5.92 Å². The molecule has 0 amide bonds. The minimum atomic E-state index is -2.89. The van der Waals surface area contributed by atoms with E-state index in [4.69, 9.17) is 14.3 Å². The molecule has 27 heavy (non-hydrogen) atoms. The van der Waals surface area contributed by atoms with Crippen LogP contribution in [0.1, 0.15) is 50.5 Å². The number of hydrogen-bond acceptors (Lipinski definition) is 5. The Bertz CT molecular complexity index is 683. The SMILES string of the molecule is FC(F)Oc1ccc(C2=NOC3(CCOC3)C2)cc1OCC1CCCCC1. The van der Waals surface area contributed by atoms with Gasteiger partial charge in [0.2, 0.25) is 0 Å². The van der Waals surface area contributed by atoms with Crippen molar-refractivity contribution >= 4 is 5.71 Å². The highest BCUT2D eigenvalue weighted by atomic mass is 19.3. The van der Waals surface area contributed by atoms with Crippen molar-refractivity contribution in [2.45, 2.75) is 57.2 Å². The van der Waals surface area contributed by atoms with Crippen molar-refractivity contribution in [2.75, 3.05) is 19.8 Å². The summed E-state index contributed by atoms with van der Waals surface area (Å²) < 4.78 is 41.5. The van der Waals surface area contributed by atoms with Gasteiger partial charge in [-0.05, 0) is 37.0 Å². The van der Waals surface area contributed by atoms with Crippen LogP contribution in [0.15, 0.2) is 23.4 Å². The molecule has 0 radical (unpaired) electrons. The molecule has 5 nitrogen and oxygen atoms in total. The molecule has 1 aromatic rings. The maximum Gasteiger partial charge on any atom is 0.387 e. The maximum atomic E-state index is 12.8. The summed E-state index contributed by atoms with van der Waals surface area (Å²) in [7, 11) is 0. The summed E-state index contributed by atoms with van der Waals surface area (Å²) in [6.07, 6.45) is 7.35. The molecule has 0 bridgehead atoms. The summed E-state index contributed by atoms with van der Waals surface area (Å²) in [6.45, 7) is -1.18. The van der Waals surface area contributed by atoms with Gasteiger partial charge in [-0.1, -0.05) is 24.4 Å². The Morgan fingerprint density at radius 1 is 1.19 bits per heavy atom. The van der Waals surface area contributed by atoms with Crippen LogP contribution in [0.5, 0.6) is 11.5 Å².